The van der Waals surface area contributed by atoms with Gasteiger partial charge in [-0.15, -0.1) is 11.3 Å². The Morgan fingerprint density at radius 3 is 1.88 bits per heavy atom. The van der Waals surface area contributed by atoms with Gasteiger partial charge in [0.1, 0.15) is 5.75 Å². The van der Waals surface area contributed by atoms with Crippen LogP contribution in [-0.2, 0) is 22.0 Å². The van der Waals surface area contributed by atoms with Gasteiger partial charge < -0.3 is 15.1 Å². The zero-order valence-corrected chi connectivity index (χ0v) is 25.4. The van der Waals surface area contributed by atoms with E-state index in [1.165, 1.54) is 0 Å². The molecule has 0 saturated carbocycles. The Hall–Kier alpha value is -4.06. The van der Waals surface area contributed by atoms with Crippen LogP contribution in [0.5, 0.6) is 11.5 Å². The van der Waals surface area contributed by atoms with E-state index in [0.29, 0.717) is 31.7 Å². The SMILES string of the molecule is CC(C)(C)c1cc(-c2csc(C3CCN(C(=O)Cc4cc([N+](=O)[O-])c(O)c([N+](=O)[O-])c4)CC3)n2)cc(C(C)(C)C)c1O. The highest BCUT2D eigenvalue weighted by atomic mass is 32.1. The minimum absolute atomic E-state index is 0.0982. The van der Waals surface area contributed by atoms with Gasteiger partial charge in [-0.2, -0.15) is 0 Å². The number of aromatic nitrogens is 1. The van der Waals surface area contributed by atoms with E-state index in [1.54, 1.807) is 16.2 Å². The molecule has 1 amide bonds. The first-order valence-electron chi connectivity index (χ1n) is 13.7. The largest absolute Gasteiger partial charge is 0.507 e. The fourth-order valence-electron chi connectivity index (χ4n) is 5.24. The zero-order chi connectivity index (χ0) is 31.1. The lowest BCUT2D eigenvalue weighted by Gasteiger charge is -2.31. The second kappa shape index (κ2) is 11.3. The molecule has 12 heteroatoms. The maximum Gasteiger partial charge on any atom is 0.318 e. The summed E-state index contributed by atoms with van der Waals surface area (Å²) >= 11 is 1.58. The number of phenolic OH excluding ortho intramolecular Hbond substituents is 2. The van der Waals surface area contributed by atoms with Gasteiger partial charge in [0.2, 0.25) is 5.91 Å². The van der Waals surface area contributed by atoms with Crippen molar-refractivity contribution in [3.63, 3.8) is 0 Å². The molecule has 0 bridgehead atoms. The summed E-state index contributed by atoms with van der Waals surface area (Å²) in [5.41, 5.74) is 1.52. The van der Waals surface area contributed by atoms with Crippen LogP contribution in [0.15, 0.2) is 29.6 Å². The number of amides is 1. The van der Waals surface area contributed by atoms with Gasteiger partial charge in [0.15, 0.2) is 0 Å². The third kappa shape index (κ3) is 6.38. The molecule has 42 heavy (non-hydrogen) atoms. The molecule has 2 N–H and O–H groups in total. The third-order valence-electron chi connectivity index (χ3n) is 7.62. The maximum atomic E-state index is 13.0. The quantitative estimate of drug-likeness (QED) is 0.238. The van der Waals surface area contributed by atoms with Crippen LogP contribution in [0.2, 0.25) is 0 Å². The van der Waals surface area contributed by atoms with Gasteiger partial charge in [-0.1, -0.05) is 41.5 Å². The van der Waals surface area contributed by atoms with Crippen LogP contribution >= 0.6 is 11.3 Å². The summed E-state index contributed by atoms with van der Waals surface area (Å²) in [5.74, 6) is -0.842. The molecule has 1 aromatic heterocycles. The Bertz CT molecular complexity index is 1470. The van der Waals surface area contributed by atoms with Crippen LogP contribution in [0, 0.1) is 20.2 Å². The summed E-state index contributed by atoms with van der Waals surface area (Å²) in [5, 5.41) is 46.4. The molecule has 1 fully saturated rings. The maximum absolute atomic E-state index is 13.0. The highest BCUT2D eigenvalue weighted by Crippen LogP contribution is 2.43. The molecule has 2 heterocycles. The van der Waals surface area contributed by atoms with Gasteiger partial charge in [-0.05, 0) is 41.4 Å². The second-order valence-electron chi connectivity index (χ2n) is 12.8. The molecular weight excluding hydrogens is 560 g/mol. The van der Waals surface area contributed by atoms with Crippen LogP contribution in [0.1, 0.15) is 82.0 Å². The van der Waals surface area contributed by atoms with E-state index >= 15 is 0 Å². The topological polar surface area (TPSA) is 160 Å². The molecule has 11 nitrogen and oxygen atoms in total. The monoisotopic (exact) mass is 596 g/mol. The van der Waals surface area contributed by atoms with Gasteiger partial charge in [0.25, 0.3) is 5.75 Å². The Labute approximate surface area is 248 Å². The summed E-state index contributed by atoms with van der Waals surface area (Å²) in [6.45, 7) is 13.4. The molecule has 1 aliphatic rings. The summed E-state index contributed by atoms with van der Waals surface area (Å²) in [6.07, 6.45) is 1.12. The smallest absolute Gasteiger partial charge is 0.318 e. The molecule has 0 radical (unpaired) electrons. The number of phenols is 2. The van der Waals surface area contributed by atoms with Crippen molar-refractivity contribution in [3.8, 4) is 22.8 Å². The minimum atomic E-state index is -1.03. The van der Waals surface area contributed by atoms with E-state index in [0.717, 1.165) is 39.5 Å². The number of hydrogen-bond acceptors (Lipinski definition) is 9. The van der Waals surface area contributed by atoms with Crippen molar-refractivity contribution in [2.75, 3.05) is 13.1 Å². The number of rotatable bonds is 6. The molecule has 4 rings (SSSR count). The summed E-state index contributed by atoms with van der Waals surface area (Å²) in [7, 11) is 0. The van der Waals surface area contributed by atoms with Crippen LogP contribution < -0.4 is 0 Å². The summed E-state index contributed by atoms with van der Waals surface area (Å²) in [4.78, 5) is 40.3. The fraction of sp³-hybridized carbons (Fsp3) is 0.467. The molecule has 2 aromatic carbocycles. The third-order valence-corrected chi connectivity index (χ3v) is 8.63. The Balaban J connectivity index is 1.49. The lowest BCUT2D eigenvalue weighted by Crippen LogP contribution is -2.38. The molecule has 0 atom stereocenters. The normalized spacial score (nSPS) is 14.7. The Morgan fingerprint density at radius 2 is 1.43 bits per heavy atom. The van der Waals surface area contributed by atoms with E-state index in [1.807, 2.05) is 17.5 Å². The van der Waals surface area contributed by atoms with Gasteiger partial charge in [-0.3, -0.25) is 25.0 Å². The lowest BCUT2D eigenvalue weighted by molar-refractivity contribution is -0.396. The van der Waals surface area contributed by atoms with Crippen molar-refractivity contribution >= 4 is 28.6 Å². The second-order valence-corrected chi connectivity index (χ2v) is 13.7. The fourth-order valence-corrected chi connectivity index (χ4v) is 6.24. The first-order valence-corrected chi connectivity index (χ1v) is 14.6. The van der Waals surface area contributed by atoms with Crippen LogP contribution in [-0.4, -0.2) is 48.9 Å². The first-order chi connectivity index (χ1) is 19.5. The van der Waals surface area contributed by atoms with E-state index < -0.39 is 27.0 Å². The van der Waals surface area contributed by atoms with Gasteiger partial charge >= 0.3 is 11.4 Å². The first kappa shape index (κ1) is 30.9. The van der Waals surface area contributed by atoms with Gasteiger partial charge in [0.05, 0.1) is 27.0 Å². The molecule has 224 valence electrons. The molecule has 0 spiro atoms. The number of aromatic hydroxyl groups is 2. The number of nitro benzene ring substituents is 2. The lowest BCUT2D eigenvalue weighted by atomic mass is 9.78. The van der Waals surface area contributed by atoms with Crippen molar-refractivity contribution in [2.45, 2.75) is 77.6 Å². The summed E-state index contributed by atoms with van der Waals surface area (Å²) in [6, 6.07) is 6.04. The Morgan fingerprint density at radius 1 is 0.929 bits per heavy atom. The molecular formula is C30H36N4O7S. The molecule has 0 unspecified atom stereocenters. The zero-order valence-electron chi connectivity index (χ0n) is 24.6. The molecule has 1 saturated heterocycles. The van der Waals surface area contributed by atoms with Crippen LogP contribution in [0.4, 0.5) is 11.4 Å². The van der Waals surface area contributed by atoms with E-state index in [-0.39, 0.29) is 34.6 Å². The van der Waals surface area contributed by atoms with E-state index in [2.05, 4.69) is 41.5 Å². The number of piperidine rings is 1. The number of hydrogen-bond donors (Lipinski definition) is 2. The number of thiazole rings is 1. The highest BCUT2D eigenvalue weighted by Gasteiger charge is 2.31. The predicted octanol–water partition coefficient (Wildman–Crippen LogP) is 6.58. The van der Waals surface area contributed by atoms with Crippen molar-refractivity contribution < 1.29 is 24.9 Å². The van der Waals surface area contributed by atoms with Crippen molar-refractivity contribution in [3.05, 3.63) is 71.6 Å². The highest BCUT2D eigenvalue weighted by molar-refractivity contribution is 7.10. The number of nitrogens with zero attached hydrogens (tertiary/aromatic N) is 4. The average Bonchev–Trinajstić information content (AvgIpc) is 3.38. The average molecular weight is 597 g/mol. The standard InChI is InChI=1S/C30H36N4O7S/c1-29(2,3)20-14-19(15-21(26(20)36)30(4,5)6)22-16-42-28(31-22)18-7-9-32(10-8-18)25(35)13-17-11-23(33(38)39)27(37)24(12-17)34(40)41/h11-12,14-16,18,36-37H,7-10,13H2,1-6H3. The van der Waals surface area contributed by atoms with Gasteiger partial charge in [0, 0.05) is 53.2 Å². The number of benzene rings is 2. The van der Waals surface area contributed by atoms with E-state index in [9.17, 15) is 35.2 Å². The number of carbonyl (C=O) groups is 1. The van der Waals surface area contributed by atoms with E-state index in [4.69, 9.17) is 4.98 Å². The predicted molar refractivity (Wildman–Crippen MR) is 160 cm³/mol. The van der Waals surface area contributed by atoms with Crippen molar-refractivity contribution in [1.29, 1.82) is 0 Å². The van der Waals surface area contributed by atoms with Crippen LogP contribution in [0.3, 0.4) is 0 Å². The number of likely N-dealkylation sites (tertiary alicyclic amines) is 1. The Kier molecular flexibility index (Phi) is 8.32. The molecule has 1 aliphatic heterocycles. The molecule has 3 aromatic rings. The van der Waals surface area contributed by atoms with Crippen molar-refractivity contribution in [1.82, 2.24) is 9.88 Å². The number of carbonyl (C=O) groups excluding carboxylic acids is 1. The summed E-state index contributed by atoms with van der Waals surface area (Å²) < 4.78 is 0. The van der Waals surface area contributed by atoms with Crippen LogP contribution in [0.25, 0.3) is 11.3 Å². The van der Waals surface area contributed by atoms with Gasteiger partial charge in [-0.25, -0.2) is 4.98 Å². The minimum Gasteiger partial charge on any atom is -0.507 e. The number of nitro groups is 2. The van der Waals surface area contributed by atoms with Crippen molar-refractivity contribution in [2.24, 2.45) is 0 Å². The molecule has 0 aliphatic carbocycles.